The van der Waals surface area contributed by atoms with Crippen molar-refractivity contribution in [1.29, 1.82) is 0 Å². The van der Waals surface area contributed by atoms with E-state index in [1.54, 1.807) is 11.3 Å². The summed E-state index contributed by atoms with van der Waals surface area (Å²) < 4.78 is 0. The molecule has 3 amide bonds. The molecule has 1 aromatic carbocycles. The van der Waals surface area contributed by atoms with Crippen molar-refractivity contribution in [2.75, 3.05) is 0 Å². The molecule has 0 aliphatic carbocycles. The van der Waals surface area contributed by atoms with Crippen LogP contribution in [0.1, 0.15) is 48.9 Å². The van der Waals surface area contributed by atoms with Crippen LogP contribution in [0.15, 0.2) is 41.1 Å². The van der Waals surface area contributed by atoms with Gasteiger partial charge in [0.05, 0.1) is 0 Å². The highest BCUT2D eigenvalue weighted by atomic mass is 32.1. The number of fused-ring (bicyclic) bond motifs is 2. The summed E-state index contributed by atoms with van der Waals surface area (Å²) in [6, 6.07) is 10.1. The van der Waals surface area contributed by atoms with Crippen LogP contribution < -0.4 is 0 Å². The molecule has 0 N–H and O–H groups in total. The monoisotopic (exact) mass is 394 g/mol. The summed E-state index contributed by atoms with van der Waals surface area (Å²) in [7, 11) is 0. The molecule has 0 saturated carbocycles. The molecule has 3 aliphatic rings. The van der Waals surface area contributed by atoms with Gasteiger partial charge in [0.15, 0.2) is 0 Å². The largest absolute Gasteiger partial charge is 0.333 e. The number of imide groups is 1. The number of hydrogen-bond donors (Lipinski definition) is 0. The molecule has 5 rings (SSSR count). The summed E-state index contributed by atoms with van der Waals surface area (Å²) in [4.78, 5) is 40.9. The van der Waals surface area contributed by atoms with E-state index in [1.165, 1.54) is 10.5 Å². The Morgan fingerprint density at radius 2 is 1.50 bits per heavy atom. The summed E-state index contributed by atoms with van der Waals surface area (Å²) in [5, 5.41) is 4.15. The molecule has 2 aromatic rings. The molecular weight excluding hydrogens is 372 g/mol. The van der Waals surface area contributed by atoms with Crippen molar-refractivity contribution in [3.63, 3.8) is 0 Å². The second kappa shape index (κ2) is 6.85. The normalized spacial score (nSPS) is 26.9. The number of nitrogens with zero attached hydrogens (tertiary/aromatic N) is 2. The molecular formula is C22H22N2O3S. The molecule has 3 saturated heterocycles. The summed E-state index contributed by atoms with van der Waals surface area (Å²) >= 11 is 1.66. The van der Waals surface area contributed by atoms with Gasteiger partial charge >= 0.3 is 0 Å². The van der Waals surface area contributed by atoms with Crippen LogP contribution in [0, 0.1) is 0 Å². The Kier molecular flexibility index (Phi) is 4.31. The fourth-order valence-electron chi connectivity index (χ4n) is 5.07. The van der Waals surface area contributed by atoms with E-state index in [9.17, 15) is 14.4 Å². The maximum atomic E-state index is 13.2. The van der Waals surface area contributed by atoms with E-state index in [4.69, 9.17) is 0 Å². The van der Waals surface area contributed by atoms with Gasteiger partial charge in [-0.2, -0.15) is 11.3 Å². The number of hydrogen-bond acceptors (Lipinski definition) is 4. The lowest BCUT2D eigenvalue weighted by Crippen LogP contribution is -2.53. The highest BCUT2D eigenvalue weighted by molar-refractivity contribution is 7.08. The summed E-state index contributed by atoms with van der Waals surface area (Å²) in [6.07, 6.45) is 4.01. The number of benzene rings is 1. The molecule has 2 unspecified atom stereocenters. The van der Waals surface area contributed by atoms with Gasteiger partial charge in [0.25, 0.3) is 5.91 Å². The van der Waals surface area contributed by atoms with Crippen molar-refractivity contribution in [3.05, 3.63) is 46.7 Å². The van der Waals surface area contributed by atoms with Gasteiger partial charge in [-0.1, -0.05) is 12.1 Å². The Hall–Kier alpha value is -2.47. The average molecular weight is 394 g/mol. The van der Waals surface area contributed by atoms with Gasteiger partial charge in [0.1, 0.15) is 0 Å². The Morgan fingerprint density at radius 1 is 0.857 bits per heavy atom. The molecule has 0 spiro atoms. The van der Waals surface area contributed by atoms with Crippen LogP contribution in [0.5, 0.6) is 0 Å². The first-order valence-electron chi connectivity index (χ1n) is 9.92. The first kappa shape index (κ1) is 17.6. The van der Waals surface area contributed by atoms with Crippen LogP contribution in [-0.4, -0.2) is 45.6 Å². The van der Waals surface area contributed by atoms with Crippen molar-refractivity contribution in [2.45, 2.75) is 56.7 Å². The SMILES string of the molecule is O=C1CCC(=O)N1C1CC2CCC(C1)N2C(=O)c1ccc(-c2ccsc2)cc1. The zero-order valence-corrected chi connectivity index (χ0v) is 16.4. The third-order valence-corrected chi connectivity index (χ3v) is 7.07. The van der Waals surface area contributed by atoms with Crippen molar-refractivity contribution in [1.82, 2.24) is 9.80 Å². The second-order valence-electron chi connectivity index (χ2n) is 7.97. The molecule has 144 valence electrons. The van der Waals surface area contributed by atoms with Gasteiger partial charge in [-0.25, -0.2) is 0 Å². The Balaban J connectivity index is 1.33. The quantitative estimate of drug-likeness (QED) is 0.746. The molecule has 6 heteroatoms. The van der Waals surface area contributed by atoms with Crippen molar-refractivity contribution < 1.29 is 14.4 Å². The van der Waals surface area contributed by atoms with E-state index in [0.29, 0.717) is 31.2 Å². The van der Waals surface area contributed by atoms with Crippen molar-refractivity contribution in [2.24, 2.45) is 0 Å². The van der Waals surface area contributed by atoms with Crippen LogP contribution in [0.4, 0.5) is 0 Å². The molecule has 3 aliphatic heterocycles. The van der Waals surface area contributed by atoms with Crippen LogP contribution in [0.25, 0.3) is 11.1 Å². The van der Waals surface area contributed by atoms with Crippen LogP contribution >= 0.6 is 11.3 Å². The van der Waals surface area contributed by atoms with E-state index in [-0.39, 0.29) is 35.8 Å². The smallest absolute Gasteiger partial charge is 0.254 e. The molecule has 4 heterocycles. The lowest BCUT2D eigenvalue weighted by Gasteiger charge is -2.41. The molecule has 2 atom stereocenters. The zero-order chi connectivity index (χ0) is 19.3. The van der Waals surface area contributed by atoms with Gasteiger partial charge < -0.3 is 4.90 Å². The minimum Gasteiger partial charge on any atom is -0.333 e. The number of carbonyl (C=O) groups is 3. The van der Waals surface area contributed by atoms with Crippen LogP contribution in [-0.2, 0) is 9.59 Å². The Morgan fingerprint density at radius 3 is 2.07 bits per heavy atom. The number of rotatable bonds is 3. The van der Waals surface area contributed by atoms with Crippen molar-refractivity contribution >= 4 is 29.1 Å². The Labute approximate surface area is 167 Å². The Bertz CT molecular complexity index is 892. The second-order valence-corrected chi connectivity index (χ2v) is 8.75. The molecule has 5 nitrogen and oxygen atoms in total. The van der Waals surface area contributed by atoms with E-state index >= 15 is 0 Å². The maximum Gasteiger partial charge on any atom is 0.254 e. The first-order chi connectivity index (χ1) is 13.6. The minimum absolute atomic E-state index is 0.0370. The van der Waals surface area contributed by atoms with Crippen LogP contribution in [0.2, 0.25) is 0 Å². The number of carbonyl (C=O) groups excluding carboxylic acids is 3. The number of amides is 3. The highest BCUT2D eigenvalue weighted by Gasteiger charge is 2.47. The third kappa shape index (κ3) is 2.87. The third-order valence-electron chi connectivity index (χ3n) is 6.38. The van der Waals surface area contributed by atoms with E-state index < -0.39 is 0 Å². The average Bonchev–Trinajstić information content (AvgIpc) is 3.41. The lowest BCUT2D eigenvalue weighted by atomic mass is 9.95. The number of thiophene rings is 1. The van der Waals surface area contributed by atoms with E-state index in [1.807, 2.05) is 34.5 Å². The summed E-state index contributed by atoms with van der Waals surface area (Å²) in [5.74, 6) is -0.0155. The van der Waals surface area contributed by atoms with Gasteiger partial charge in [0, 0.05) is 36.5 Å². The van der Waals surface area contributed by atoms with Gasteiger partial charge in [0.2, 0.25) is 11.8 Å². The predicted octanol–water partition coefficient (Wildman–Crippen LogP) is 3.70. The van der Waals surface area contributed by atoms with E-state index in [0.717, 1.165) is 18.4 Å². The number of piperidine rings is 1. The fraction of sp³-hybridized carbons (Fsp3) is 0.409. The lowest BCUT2D eigenvalue weighted by molar-refractivity contribution is -0.142. The van der Waals surface area contributed by atoms with Gasteiger partial charge in [-0.05, 0) is 65.8 Å². The van der Waals surface area contributed by atoms with Crippen molar-refractivity contribution in [3.8, 4) is 11.1 Å². The molecule has 1 aromatic heterocycles. The van der Waals surface area contributed by atoms with Crippen LogP contribution in [0.3, 0.4) is 0 Å². The minimum atomic E-state index is -0.0433. The molecule has 0 radical (unpaired) electrons. The van der Waals surface area contributed by atoms with Gasteiger partial charge in [-0.3, -0.25) is 19.3 Å². The molecule has 2 bridgehead atoms. The molecule has 28 heavy (non-hydrogen) atoms. The summed E-state index contributed by atoms with van der Waals surface area (Å²) in [6.45, 7) is 0. The van der Waals surface area contributed by atoms with Gasteiger partial charge in [-0.15, -0.1) is 0 Å². The fourth-order valence-corrected chi connectivity index (χ4v) is 5.74. The summed E-state index contributed by atoms with van der Waals surface area (Å²) in [5.41, 5.74) is 3.00. The zero-order valence-electron chi connectivity index (χ0n) is 15.5. The van der Waals surface area contributed by atoms with E-state index in [2.05, 4.69) is 11.4 Å². The molecule has 3 fully saturated rings. The predicted molar refractivity (Wildman–Crippen MR) is 107 cm³/mol. The number of likely N-dealkylation sites (tertiary alicyclic amines) is 1. The maximum absolute atomic E-state index is 13.2. The topological polar surface area (TPSA) is 57.7 Å². The highest BCUT2D eigenvalue weighted by Crippen LogP contribution is 2.39. The standard InChI is InChI=1S/C22H22N2O3S/c25-20-7-8-21(26)24(20)19-11-17-5-6-18(12-19)23(17)22(27)15-3-1-14(2-4-15)16-9-10-28-13-16/h1-4,9-10,13,17-19H,5-8,11-12H2. The first-order valence-corrected chi connectivity index (χ1v) is 10.9.